The fourth-order valence-electron chi connectivity index (χ4n) is 1.84. The molecule has 1 aromatic rings. The topological polar surface area (TPSA) is 50.7 Å². The molecule has 1 aliphatic heterocycles. The molecule has 0 saturated heterocycles. The fraction of sp³-hybridized carbons (Fsp3) is 0.538. The average molecular weight is 237 g/mol. The molecule has 0 spiro atoms. The maximum absolute atomic E-state index is 8.75. The van der Waals surface area contributed by atoms with Crippen molar-refractivity contribution in [1.82, 2.24) is 5.32 Å². The lowest BCUT2D eigenvalue weighted by Crippen LogP contribution is -2.25. The second kappa shape index (κ2) is 5.89. The third-order valence-electron chi connectivity index (χ3n) is 2.89. The van der Waals surface area contributed by atoms with Crippen molar-refractivity contribution in [2.24, 2.45) is 0 Å². The first-order chi connectivity index (χ1) is 8.29. The maximum Gasteiger partial charge on any atom is 0.231 e. The van der Waals surface area contributed by atoms with Crippen LogP contribution in [0.5, 0.6) is 11.5 Å². The number of rotatable bonds is 6. The second-order valence-corrected chi connectivity index (χ2v) is 4.34. The Morgan fingerprint density at radius 1 is 1.35 bits per heavy atom. The number of hydrogen-bond donors (Lipinski definition) is 2. The number of benzene rings is 1. The van der Waals surface area contributed by atoms with Crippen molar-refractivity contribution in [3.63, 3.8) is 0 Å². The smallest absolute Gasteiger partial charge is 0.231 e. The van der Waals surface area contributed by atoms with Crippen molar-refractivity contribution in [3.05, 3.63) is 23.8 Å². The van der Waals surface area contributed by atoms with E-state index in [1.807, 2.05) is 18.2 Å². The highest BCUT2D eigenvalue weighted by Crippen LogP contribution is 2.32. The molecule has 0 amide bonds. The Hall–Kier alpha value is -1.26. The molecule has 0 aliphatic carbocycles. The maximum atomic E-state index is 8.75. The van der Waals surface area contributed by atoms with Crippen LogP contribution in [0.15, 0.2) is 18.2 Å². The highest BCUT2D eigenvalue weighted by Gasteiger charge is 2.13. The van der Waals surface area contributed by atoms with Crippen molar-refractivity contribution in [3.8, 4) is 11.5 Å². The summed E-state index contributed by atoms with van der Waals surface area (Å²) < 4.78 is 10.6. The Bertz CT molecular complexity index is 368. The van der Waals surface area contributed by atoms with Crippen LogP contribution < -0.4 is 14.8 Å². The molecular formula is C13H19NO3. The predicted octanol–water partition coefficient (Wildman–Crippen LogP) is 1.67. The van der Waals surface area contributed by atoms with Crippen LogP contribution in [-0.2, 0) is 6.54 Å². The molecule has 4 nitrogen and oxygen atoms in total. The quantitative estimate of drug-likeness (QED) is 0.790. The Labute approximate surface area is 102 Å². The first kappa shape index (κ1) is 12.2. The van der Waals surface area contributed by atoms with Gasteiger partial charge in [0.25, 0.3) is 0 Å². The monoisotopic (exact) mass is 237 g/mol. The lowest BCUT2D eigenvalue weighted by atomic mass is 10.1. The van der Waals surface area contributed by atoms with Crippen molar-refractivity contribution in [2.75, 3.05) is 13.4 Å². The summed E-state index contributed by atoms with van der Waals surface area (Å²) in [7, 11) is 0. The van der Waals surface area contributed by atoms with Crippen molar-refractivity contribution in [2.45, 2.75) is 32.4 Å². The number of hydrogen-bond acceptors (Lipinski definition) is 4. The minimum atomic E-state index is 0.260. The van der Waals surface area contributed by atoms with Crippen LogP contribution in [0.3, 0.4) is 0 Å². The molecule has 1 aliphatic rings. The molecule has 94 valence electrons. The summed E-state index contributed by atoms with van der Waals surface area (Å²) in [6.07, 6.45) is 1.83. The van der Waals surface area contributed by atoms with Crippen LogP contribution in [0.25, 0.3) is 0 Å². The van der Waals surface area contributed by atoms with Gasteiger partial charge in [0.15, 0.2) is 11.5 Å². The summed E-state index contributed by atoms with van der Waals surface area (Å²) in [6.45, 7) is 3.51. The summed E-state index contributed by atoms with van der Waals surface area (Å²) in [5.41, 5.74) is 1.19. The SMILES string of the molecule is CC(CCCO)NCc1ccc2c(c1)OCO2. The molecule has 1 unspecified atom stereocenters. The molecule has 2 N–H and O–H groups in total. The zero-order chi connectivity index (χ0) is 12.1. The molecular weight excluding hydrogens is 218 g/mol. The highest BCUT2D eigenvalue weighted by atomic mass is 16.7. The molecule has 0 bridgehead atoms. The van der Waals surface area contributed by atoms with Crippen molar-refractivity contribution in [1.29, 1.82) is 0 Å². The van der Waals surface area contributed by atoms with Crippen LogP contribution in [-0.4, -0.2) is 24.5 Å². The van der Waals surface area contributed by atoms with Gasteiger partial charge in [-0.15, -0.1) is 0 Å². The zero-order valence-corrected chi connectivity index (χ0v) is 10.1. The van der Waals surface area contributed by atoms with Gasteiger partial charge in [-0.05, 0) is 37.5 Å². The molecule has 1 aromatic carbocycles. The molecule has 0 aromatic heterocycles. The van der Waals surface area contributed by atoms with E-state index in [1.165, 1.54) is 5.56 Å². The van der Waals surface area contributed by atoms with Crippen molar-refractivity contribution < 1.29 is 14.6 Å². The molecule has 0 radical (unpaired) electrons. The van der Waals surface area contributed by atoms with E-state index in [1.54, 1.807) is 0 Å². The number of nitrogens with one attached hydrogen (secondary N) is 1. The molecule has 4 heteroatoms. The first-order valence-electron chi connectivity index (χ1n) is 6.02. The summed E-state index contributed by atoms with van der Waals surface area (Å²) in [4.78, 5) is 0. The summed E-state index contributed by atoms with van der Waals surface area (Å²) >= 11 is 0. The van der Waals surface area contributed by atoms with E-state index in [0.29, 0.717) is 12.8 Å². The van der Waals surface area contributed by atoms with Crippen LogP contribution >= 0.6 is 0 Å². The Kier molecular flexibility index (Phi) is 4.23. The fourth-order valence-corrected chi connectivity index (χ4v) is 1.84. The molecule has 0 saturated carbocycles. The molecule has 2 rings (SSSR count). The van der Waals surface area contributed by atoms with Gasteiger partial charge in [0.1, 0.15) is 0 Å². The standard InChI is InChI=1S/C13H19NO3/c1-10(3-2-6-15)14-8-11-4-5-12-13(7-11)17-9-16-12/h4-5,7,10,14-15H,2-3,6,8-9H2,1H3. The van der Waals surface area contributed by atoms with Crippen molar-refractivity contribution >= 4 is 0 Å². The predicted molar refractivity (Wildman–Crippen MR) is 65.2 cm³/mol. The zero-order valence-electron chi connectivity index (χ0n) is 10.1. The summed E-state index contributed by atoms with van der Waals surface area (Å²) in [5, 5.41) is 12.2. The van der Waals surface area contributed by atoms with E-state index in [9.17, 15) is 0 Å². The minimum absolute atomic E-state index is 0.260. The first-order valence-corrected chi connectivity index (χ1v) is 6.02. The van der Waals surface area contributed by atoms with E-state index in [0.717, 1.165) is 30.9 Å². The Morgan fingerprint density at radius 3 is 3.00 bits per heavy atom. The normalized spacial score (nSPS) is 14.9. The van der Waals surface area contributed by atoms with Gasteiger partial charge in [0, 0.05) is 19.2 Å². The molecule has 1 heterocycles. The average Bonchev–Trinajstić information content (AvgIpc) is 2.81. The van der Waals surface area contributed by atoms with Gasteiger partial charge < -0.3 is 19.9 Å². The van der Waals surface area contributed by atoms with Gasteiger partial charge in [-0.2, -0.15) is 0 Å². The summed E-state index contributed by atoms with van der Waals surface area (Å²) in [5.74, 6) is 1.65. The van der Waals surface area contributed by atoms with E-state index in [4.69, 9.17) is 14.6 Å². The number of fused-ring (bicyclic) bond motifs is 1. The minimum Gasteiger partial charge on any atom is -0.454 e. The van der Waals surface area contributed by atoms with E-state index in [2.05, 4.69) is 12.2 Å². The Morgan fingerprint density at radius 2 is 2.18 bits per heavy atom. The molecule has 17 heavy (non-hydrogen) atoms. The van der Waals surface area contributed by atoms with Crippen LogP contribution in [0.4, 0.5) is 0 Å². The number of aliphatic hydroxyl groups excluding tert-OH is 1. The molecule has 0 fully saturated rings. The van der Waals surface area contributed by atoms with Gasteiger partial charge in [0.2, 0.25) is 6.79 Å². The highest BCUT2D eigenvalue weighted by molar-refractivity contribution is 5.44. The van der Waals surface area contributed by atoms with Gasteiger partial charge >= 0.3 is 0 Å². The largest absolute Gasteiger partial charge is 0.454 e. The third kappa shape index (κ3) is 3.35. The van der Waals surface area contributed by atoms with E-state index < -0.39 is 0 Å². The van der Waals surface area contributed by atoms with E-state index in [-0.39, 0.29) is 6.61 Å². The van der Waals surface area contributed by atoms with Gasteiger partial charge in [0.05, 0.1) is 0 Å². The van der Waals surface area contributed by atoms with Gasteiger partial charge in [-0.1, -0.05) is 6.07 Å². The Balaban J connectivity index is 1.83. The van der Waals surface area contributed by atoms with Crippen LogP contribution in [0, 0.1) is 0 Å². The summed E-state index contributed by atoms with van der Waals surface area (Å²) in [6, 6.07) is 6.40. The number of ether oxygens (including phenoxy) is 2. The van der Waals surface area contributed by atoms with Gasteiger partial charge in [-0.3, -0.25) is 0 Å². The lowest BCUT2D eigenvalue weighted by Gasteiger charge is -2.13. The molecule has 1 atom stereocenters. The van der Waals surface area contributed by atoms with Crippen LogP contribution in [0.1, 0.15) is 25.3 Å². The third-order valence-corrected chi connectivity index (χ3v) is 2.89. The van der Waals surface area contributed by atoms with E-state index >= 15 is 0 Å². The number of aliphatic hydroxyl groups is 1. The van der Waals surface area contributed by atoms with Gasteiger partial charge in [-0.25, -0.2) is 0 Å². The lowest BCUT2D eigenvalue weighted by molar-refractivity contribution is 0.174. The second-order valence-electron chi connectivity index (χ2n) is 4.34. The van der Waals surface area contributed by atoms with Crippen LogP contribution in [0.2, 0.25) is 0 Å².